The van der Waals surface area contributed by atoms with Crippen LogP contribution in [-0.2, 0) is 0 Å². The molecule has 0 atom stereocenters. The number of carbonyl (C=O) groups excluding carboxylic acids is 1. The van der Waals surface area contributed by atoms with Crippen LogP contribution in [0.5, 0.6) is 0 Å². The highest BCUT2D eigenvalue weighted by Gasteiger charge is 2.22. The summed E-state index contributed by atoms with van der Waals surface area (Å²) in [5.74, 6) is 1.25. The van der Waals surface area contributed by atoms with E-state index in [1.165, 1.54) is 0 Å². The van der Waals surface area contributed by atoms with E-state index >= 15 is 0 Å². The van der Waals surface area contributed by atoms with Gasteiger partial charge in [-0.15, -0.1) is 0 Å². The Kier molecular flexibility index (Phi) is 6.59. The highest BCUT2D eigenvalue weighted by atomic mass is 16.2. The lowest BCUT2D eigenvalue weighted by atomic mass is 10.0. The quantitative estimate of drug-likeness (QED) is 0.838. The smallest absolute Gasteiger partial charge is 0.274 e. The lowest BCUT2D eigenvalue weighted by Crippen LogP contribution is -2.36. The van der Waals surface area contributed by atoms with E-state index < -0.39 is 0 Å². The second-order valence-corrected chi connectivity index (χ2v) is 5.71. The van der Waals surface area contributed by atoms with Gasteiger partial charge in [-0.05, 0) is 12.8 Å². The fraction of sp³-hybridized carbons (Fsp3) is 0.688. The van der Waals surface area contributed by atoms with E-state index in [1.54, 1.807) is 6.20 Å². The third kappa shape index (κ3) is 4.41. The van der Waals surface area contributed by atoms with E-state index in [0.29, 0.717) is 29.7 Å². The zero-order chi connectivity index (χ0) is 16.0. The first-order valence-corrected chi connectivity index (χ1v) is 7.86. The number of nitrogens with zero attached hydrogens (tertiary/aromatic N) is 3. The molecule has 0 spiro atoms. The van der Waals surface area contributed by atoms with Gasteiger partial charge in [0.1, 0.15) is 5.82 Å². The van der Waals surface area contributed by atoms with Gasteiger partial charge in [-0.25, -0.2) is 9.97 Å². The summed E-state index contributed by atoms with van der Waals surface area (Å²) in [6, 6.07) is 0. The van der Waals surface area contributed by atoms with Gasteiger partial charge >= 0.3 is 0 Å². The van der Waals surface area contributed by atoms with Crippen LogP contribution in [0.15, 0.2) is 6.20 Å². The van der Waals surface area contributed by atoms with Gasteiger partial charge in [-0.2, -0.15) is 0 Å². The third-order valence-corrected chi connectivity index (χ3v) is 3.86. The molecule has 0 fully saturated rings. The Hall–Kier alpha value is -1.65. The highest BCUT2D eigenvalue weighted by Crippen LogP contribution is 2.17. The zero-order valence-corrected chi connectivity index (χ0v) is 13.9. The van der Waals surface area contributed by atoms with Crippen LogP contribution in [0.1, 0.15) is 69.7 Å². The minimum absolute atomic E-state index is 0.0915. The summed E-state index contributed by atoms with van der Waals surface area (Å²) in [6.07, 6.45) is 3.67. The van der Waals surface area contributed by atoms with E-state index in [4.69, 9.17) is 5.73 Å². The minimum Gasteiger partial charge on any atom is -0.396 e. The summed E-state index contributed by atoms with van der Waals surface area (Å²) >= 11 is 0. The molecule has 5 heteroatoms. The van der Waals surface area contributed by atoms with Crippen LogP contribution < -0.4 is 5.73 Å². The van der Waals surface area contributed by atoms with Crippen molar-refractivity contribution < 1.29 is 4.79 Å². The third-order valence-electron chi connectivity index (χ3n) is 3.86. The molecule has 0 saturated heterocycles. The Bertz CT molecular complexity index is 469. The van der Waals surface area contributed by atoms with Gasteiger partial charge in [-0.3, -0.25) is 4.79 Å². The standard InChI is InChI=1S/C16H28N4O/c1-6-12(7-2)10-20(8-3)16(21)14-13(17)9-18-15(19-14)11(4)5/h9,11-12H,6-8,10,17H2,1-5H3. The monoisotopic (exact) mass is 292 g/mol. The van der Waals surface area contributed by atoms with Crippen molar-refractivity contribution in [2.45, 2.75) is 53.4 Å². The van der Waals surface area contributed by atoms with Gasteiger partial charge in [0.25, 0.3) is 5.91 Å². The van der Waals surface area contributed by atoms with Gasteiger partial charge < -0.3 is 10.6 Å². The van der Waals surface area contributed by atoms with Gasteiger partial charge in [-0.1, -0.05) is 40.5 Å². The van der Waals surface area contributed by atoms with Gasteiger partial charge in [0.15, 0.2) is 5.69 Å². The van der Waals surface area contributed by atoms with E-state index in [0.717, 1.165) is 19.4 Å². The lowest BCUT2D eigenvalue weighted by molar-refractivity contribution is 0.0729. The fourth-order valence-electron chi connectivity index (χ4n) is 2.22. The van der Waals surface area contributed by atoms with E-state index in [9.17, 15) is 4.79 Å². The number of aromatic nitrogens is 2. The molecule has 1 heterocycles. The number of carbonyl (C=O) groups is 1. The van der Waals surface area contributed by atoms with Gasteiger partial charge in [0.05, 0.1) is 11.9 Å². The number of rotatable bonds is 7. The van der Waals surface area contributed by atoms with Crippen molar-refractivity contribution >= 4 is 11.6 Å². The Morgan fingerprint density at radius 1 is 1.29 bits per heavy atom. The van der Waals surface area contributed by atoms with Crippen LogP contribution in [0.2, 0.25) is 0 Å². The largest absolute Gasteiger partial charge is 0.396 e. The molecule has 0 aliphatic rings. The molecule has 1 aromatic rings. The topological polar surface area (TPSA) is 72.1 Å². The number of anilines is 1. The Labute approximate surface area is 128 Å². The molecule has 0 aliphatic heterocycles. The Morgan fingerprint density at radius 2 is 1.90 bits per heavy atom. The average Bonchev–Trinajstić information content (AvgIpc) is 2.48. The number of hydrogen-bond donors (Lipinski definition) is 1. The first-order chi connectivity index (χ1) is 9.94. The summed E-state index contributed by atoms with van der Waals surface area (Å²) in [5.41, 5.74) is 6.60. The zero-order valence-electron chi connectivity index (χ0n) is 13.9. The lowest BCUT2D eigenvalue weighted by Gasteiger charge is -2.25. The maximum atomic E-state index is 12.7. The molecule has 0 saturated carbocycles. The van der Waals surface area contributed by atoms with Crippen molar-refractivity contribution in [3.05, 3.63) is 17.7 Å². The summed E-state index contributed by atoms with van der Waals surface area (Å²) in [4.78, 5) is 23.1. The summed E-state index contributed by atoms with van der Waals surface area (Å²) in [5, 5.41) is 0. The molecule has 0 aromatic carbocycles. The molecular formula is C16H28N4O. The van der Waals surface area contributed by atoms with Crippen LogP contribution >= 0.6 is 0 Å². The van der Waals surface area contributed by atoms with Crippen molar-refractivity contribution in [2.24, 2.45) is 5.92 Å². The molecule has 21 heavy (non-hydrogen) atoms. The molecule has 0 aliphatic carbocycles. The minimum atomic E-state index is -0.0915. The van der Waals surface area contributed by atoms with Crippen molar-refractivity contribution in [1.29, 1.82) is 0 Å². The van der Waals surface area contributed by atoms with Gasteiger partial charge in [0.2, 0.25) is 0 Å². The highest BCUT2D eigenvalue weighted by molar-refractivity contribution is 5.96. The van der Waals surface area contributed by atoms with Crippen LogP contribution in [0, 0.1) is 5.92 Å². The Balaban J connectivity index is 3.01. The number of nitrogen functional groups attached to an aromatic ring is 1. The predicted molar refractivity (Wildman–Crippen MR) is 86.2 cm³/mol. The maximum Gasteiger partial charge on any atom is 0.274 e. The SMILES string of the molecule is CCC(CC)CN(CC)C(=O)c1nc(C(C)C)ncc1N. The molecule has 1 rings (SSSR count). The number of amides is 1. The van der Waals surface area contributed by atoms with E-state index in [-0.39, 0.29) is 11.8 Å². The second-order valence-electron chi connectivity index (χ2n) is 5.71. The van der Waals surface area contributed by atoms with Crippen molar-refractivity contribution in [3.63, 3.8) is 0 Å². The number of nitrogens with two attached hydrogens (primary N) is 1. The maximum absolute atomic E-state index is 12.7. The normalized spacial score (nSPS) is 11.2. The van der Waals surface area contributed by atoms with Crippen LogP contribution in [0.25, 0.3) is 0 Å². The number of hydrogen-bond acceptors (Lipinski definition) is 4. The molecule has 1 aromatic heterocycles. The summed E-state index contributed by atoms with van der Waals surface area (Å²) in [6.45, 7) is 11.7. The average molecular weight is 292 g/mol. The second kappa shape index (κ2) is 7.96. The summed E-state index contributed by atoms with van der Waals surface area (Å²) in [7, 11) is 0. The van der Waals surface area contributed by atoms with E-state index in [2.05, 4.69) is 23.8 Å². The molecule has 5 nitrogen and oxygen atoms in total. The van der Waals surface area contributed by atoms with Crippen LogP contribution in [-0.4, -0.2) is 33.9 Å². The van der Waals surface area contributed by atoms with Crippen molar-refractivity contribution in [3.8, 4) is 0 Å². The van der Waals surface area contributed by atoms with Crippen LogP contribution in [0.3, 0.4) is 0 Å². The molecular weight excluding hydrogens is 264 g/mol. The molecule has 0 bridgehead atoms. The van der Waals surface area contributed by atoms with Crippen molar-refractivity contribution in [2.75, 3.05) is 18.8 Å². The first-order valence-electron chi connectivity index (χ1n) is 7.86. The summed E-state index contributed by atoms with van der Waals surface area (Å²) < 4.78 is 0. The van der Waals surface area contributed by atoms with E-state index in [1.807, 2.05) is 25.7 Å². The van der Waals surface area contributed by atoms with Crippen LogP contribution in [0.4, 0.5) is 5.69 Å². The molecule has 1 amide bonds. The van der Waals surface area contributed by atoms with Gasteiger partial charge in [0, 0.05) is 19.0 Å². The first kappa shape index (κ1) is 17.4. The predicted octanol–water partition coefficient (Wildman–Crippen LogP) is 3.08. The fourth-order valence-corrected chi connectivity index (χ4v) is 2.22. The molecule has 2 N–H and O–H groups in total. The van der Waals surface area contributed by atoms with Crippen molar-refractivity contribution in [1.82, 2.24) is 14.9 Å². The molecule has 118 valence electrons. The molecule has 0 unspecified atom stereocenters. The Morgan fingerprint density at radius 3 is 2.38 bits per heavy atom. The molecule has 0 radical (unpaired) electrons.